The third kappa shape index (κ3) is 3.95. The van der Waals surface area contributed by atoms with Gasteiger partial charge in [0.25, 0.3) is 5.91 Å². The lowest BCUT2D eigenvalue weighted by atomic mass is 10.1. The summed E-state index contributed by atoms with van der Waals surface area (Å²) in [6.07, 6.45) is 7.55. The number of carbonyl (C=O) groups excluding carboxylic acids is 1. The minimum absolute atomic E-state index is 0.000121. The Morgan fingerprint density at radius 2 is 2.10 bits per heavy atom. The summed E-state index contributed by atoms with van der Waals surface area (Å²) in [7, 11) is 0. The molecule has 1 N–H and O–H groups in total. The Morgan fingerprint density at radius 3 is 2.70 bits per heavy atom. The number of rotatable bonds is 6. The van der Waals surface area contributed by atoms with Gasteiger partial charge in [-0.05, 0) is 31.0 Å². The van der Waals surface area contributed by atoms with Crippen LogP contribution in [0.4, 0.5) is 0 Å². The van der Waals surface area contributed by atoms with E-state index < -0.39 is 0 Å². The fourth-order valence-electron chi connectivity index (χ4n) is 2.16. The molecule has 0 saturated carbocycles. The van der Waals surface area contributed by atoms with Gasteiger partial charge in [-0.25, -0.2) is 4.98 Å². The molecule has 106 valence electrons. The van der Waals surface area contributed by atoms with Crippen LogP contribution in [0, 0.1) is 0 Å². The van der Waals surface area contributed by atoms with Crippen molar-refractivity contribution in [1.82, 2.24) is 14.9 Å². The average Bonchev–Trinajstić information content (AvgIpc) is 2.92. The molecule has 1 aromatic carbocycles. The van der Waals surface area contributed by atoms with Crippen LogP contribution < -0.4 is 5.32 Å². The lowest BCUT2D eigenvalue weighted by molar-refractivity contribution is 0.0938. The second kappa shape index (κ2) is 6.89. The molecule has 0 spiro atoms. The number of benzene rings is 1. The van der Waals surface area contributed by atoms with E-state index >= 15 is 0 Å². The Morgan fingerprint density at radius 1 is 1.35 bits per heavy atom. The maximum Gasteiger partial charge on any atom is 0.251 e. The number of aromatic nitrogens is 2. The third-order valence-electron chi connectivity index (χ3n) is 3.24. The third-order valence-corrected chi connectivity index (χ3v) is 3.24. The summed E-state index contributed by atoms with van der Waals surface area (Å²) in [6, 6.07) is 7.94. The SMILES string of the molecule is CCC[C@H](C)NC(=O)c1ccc(Cn2ccnc2)cc1. The van der Waals surface area contributed by atoms with Crippen LogP contribution in [0.15, 0.2) is 43.0 Å². The molecular weight excluding hydrogens is 250 g/mol. The molecule has 0 bridgehead atoms. The first-order valence-electron chi connectivity index (χ1n) is 7.04. The number of amides is 1. The van der Waals surface area contributed by atoms with Gasteiger partial charge in [0.2, 0.25) is 0 Å². The van der Waals surface area contributed by atoms with Crippen LogP contribution in [0.1, 0.15) is 42.6 Å². The lowest BCUT2D eigenvalue weighted by Gasteiger charge is -2.13. The average molecular weight is 271 g/mol. The van der Waals surface area contributed by atoms with Crippen LogP contribution in [0.25, 0.3) is 0 Å². The molecule has 1 heterocycles. The Labute approximate surface area is 119 Å². The molecule has 2 aromatic rings. The van der Waals surface area contributed by atoms with Gasteiger partial charge in [-0.15, -0.1) is 0 Å². The van der Waals surface area contributed by atoms with Crippen molar-refractivity contribution in [2.45, 2.75) is 39.3 Å². The highest BCUT2D eigenvalue weighted by molar-refractivity contribution is 5.94. The molecule has 0 radical (unpaired) electrons. The molecule has 1 aromatic heterocycles. The lowest BCUT2D eigenvalue weighted by Crippen LogP contribution is -2.32. The second-order valence-corrected chi connectivity index (χ2v) is 5.10. The molecular formula is C16H21N3O. The first-order chi connectivity index (χ1) is 9.69. The van der Waals surface area contributed by atoms with E-state index in [-0.39, 0.29) is 11.9 Å². The van der Waals surface area contributed by atoms with Gasteiger partial charge in [-0.2, -0.15) is 0 Å². The van der Waals surface area contributed by atoms with Crippen molar-refractivity contribution >= 4 is 5.91 Å². The predicted molar refractivity (Wildman–Crippen MR) is 79.6 cm³/mol. The molecule has 0 aliphatic heterocycles. The summed E-state index contributed by atoms with van der Waals surface area (Å²) in [5.41, 5.74) is 1.86. The summed E-state index contributed by atoms with van der Waals surface area (Å²) >= 11 is 0. The number of hydrogen-bond acceptors (Lipinski definition) is 2. The minimum atomic E-state index is 0.000121. The number of carbonyl (C=O) groups is 1. The van der Waals surface area contributed by atoms with E-state index in [1.165, 1.54) is 0 Å². The van der Waals surface area contributed by atoms with Gasteiger partial charge in [-0.1, -0.05) is 25.5 Å². The molecule has 0 saturated heterocycles. The highest BCUT2D eigenvalue weighted by Crippen LogP contribution is 2.07. The van der Waals surface area contributed by atoms with E-state index in [1.807, 2.05) is 42.0 Å². The van der Waals surface area contributed by atoms with Crippen molar-refractivity contribution in [2.75, 3.05) is 0 Å². The molecule has 20 heavy (non-hydrogen) atoms. The van der Waals surface area contributed by atoms with Gasteiger partial charge in [-0.3, -0.25) is 4.79 Å². The van der Waals surface area contributed by atoms with E-state index in [9.17, 15) is 4.79 Å². The van der Waals surface area contributed by atoms with E-state index in [4.69, 9.17) is 0 Å². The molecule has 4 nitrogen and oxygen atoms in total. The Kier molecular flexibility index (Phi) is 4.93. The molecule has 1 amide bonds. The van der Waals surface area contributed by atoms with E-state index in [0.29, 0.717) is 5.56 Å². The molecule has 0 unspecified atom stereocenters. The Bertz CT molecular complexity index is 531. The maximum absolute atomic E-state index is 12.0. The first kappa shape index (κ1) is 14.3. The van der Waals surface area contributed by atoms with Crippen LogP contribution in [-0.2, 0) is 6.54 Å². The van der Waals surface area contributed by atoms with Gasteiger partial charge < -0.3 is 9.88 Å². The maximum atomic E-state index is 12.0. The fraction of sp³-hybridized carbons (Fsp3) is 0.375. The standard InChI is InChI=1S/C16H21N3O/c1-3-4-13(2)18-16(20)15-7-5-14(6-8-15)11-19-10-9-17-12-19/h5-10,12-13H,3-4,11H2,1-2H3,(H,18,20)/t13-/m0/s1. The topological polar surface area (TPSA) is 46.9 Å². The Hall–Kier alpha value is -2.10. The quantitative estimate of drug-likeness (QED) is 0.878. The predicted octanol–water partition coefficient (Wildman–Crippen LogP) is 2.85. The smallest absolute Gasteiger partial charge is 0.251 e. The molecule has 0 aliphatic rings. The first-order valence-corrected chi connectivity index (χ1v) is 7.04. The van der Waals surface area contributed by atoms with Crippen molar-refractivity contribution in [3.8, 4) is 0 Å². The molecule has 0 aliphatic carbocycles. The summed E-state index contributed by atoms with van der Waals surface area (Å²) in [5.74, 6) is 0.000121. The highest BCUT2D eigenvalue weighted by atomic mass is 16.1. The summed E-state index contributed by atoms with van der Waals surface area (Å²) in [6.45, 7) is 4.93. The monoisotopic (exact) mass is 271 g/mol. The minimum Gasteiger partial charge on any atom is -0.350 e. The molecule has 2 rings (SSSR count). The summed E-state index contributed by atoms with van der Waals surface area (Å²) < 4.78 is 2.00. The normalized spacial score (nSPS) is 12.1. The number of nitrogens with one attached hydrogen (secondary N) is 1. The van der Waals surface area contributed by atoms with Crippen LogP contribution in [0.3, 0.4) is 0 Å². The van der Waals surface area contributed by atoms with Crippen molar-refractivity contribution in [2.24, 2.45) is 0 Å². The van der Waals surface area contributed by atoms with Crippen molar-refractivity contribution in [3.63, 3.8) is 0 Å². The van der Waals surface area contributed by atoms with Crippen molar-refractivity contribution in [1.29, 1.82) is 0 Å². The van der Waals surface area contributed by atoms with Crippen LogP contribution in [-0.4, -0.2) is 21.5 Å². The zero-order chi connectivity index (χ0) is 14.4. The van der Waals surface area contributed by atoms with Gasteiger partial charge >= 0.3 is 0 Å². The van der Waals surface area contributed by atoms with Gasteiger partial charge in [0.1, 0.15) is 0 Å². The molecule has 4 heteroatoms. The van der Waals surface area contributed by atoms with Gasteiger partial charge in [0.15, 0.2) is 0 Å². The Balaban J connectivity index is 1.95. The second-order valence-electron chi connectivity index (χ2n) is 5.10. The van der Waals surface area contributed by atoms with E-state index in [2.05, 4.69) is 17.2 Å². The molecule has 0 fully saturated rings. The number of hydrogen-bond donors (Lipinski definition) is 1. The van der Waals surface area contributed by atoms with Crippen molar-refractivity contribution < 1.29 is 4.79 Å². The number of nitrogens with zero attached hydrogens (tertiary/aromatic N) is 2. The fourth-order valence-corrected chi connectivity index (χ4v) is 2.16. The van der Waals surface area contributed by atoms with Gasteiger partial charge in [0.05, 0.1) is 6.33 Å². The molecule has 1 atom stereocenters. The number of imidazole rings is 1. The van der Waals surface area contributed by atoms with E-state index in [0.717, 1.165) is 24.9 Å². The summed E-state index contributed by atoms with van der Waals surface area (Å²) in [5, 5.41) is 3.01. The van der Waals surface area contributed by atoms with E-state index in [1.54, 1.807) is 12.5 Å². The van der Waals surface area contributed by atoms with Gasteiger partial charge in [0, 0.05) is 30.5 Å². The van der Waals surface area contributed by atoms with Crippen molar-refractivity contribution in [3.05, 3.63) is 54.1 Å². The zero-order valence-electron chi connectivity index (χ0n) is 12.0. The summed E-state index contributed by atoms with van der Waals surface area (Å²) in [4.78, 5) is 16.0. The highest BCUT2D eigenvalue weighted by Gasteiger charge is 2.08. The van der Waals surface area contributed by atoms with Crippen LogP contribution in [0.2, 0.25) is 0 Å². The zero-order valence-corrected chi connectivity index (χ0v) is 12.0. The largest absolute Gasteiger partial charge is 0.350 e. The van der Waals surface area contributed by atoms with Crippen LogP contribution in [0.5, 0.6) is 0 Å². The van der Waals surface area contributed by atoms with Crippen LogP contribution >= 0.6 is 0 Å².